The largest absolute Gasteiger partial charge is 0.349 e. The van der Waals surface area contributed by atoms with Gasteiger partial charge in [0.15, 0.2) is 0 Å². The molecule has 2 heterocycles. The number of hydrogen-bond donors (Lipinski definition) is 1. The number of thiophene rings is 1. The van der Waals surface area contributed by atoms with Gasteiger partial charge in [0.2, 0.25) is 11.8 Å². The third-order valence-electron chi connectivity index (χ3n) is 3.73. The van der Waals surface area contributed by atoms with Gasteiger partial charge in [0.25, 0.3) is 0 Å². The Morgan fingerprint density at radius 3 is 2.95 bits per heavy atom. The van der Waals surface area contributed by atoms with E-state index in [0.717, 1.165) is 5.56 Å². The Morgan fingerprint density at radius 1 is 1.45 bits per heavy atom. The Morgan fingerprint density at radius 2 is 2.23 bits per heavy atom. The van der Waals surface area contributed by atoms with E-state index in [9.17, 15) is 9.59 Å². The van der Waals surface area contributed by atoms with Crippen LogP contribution in [-0.2, 0) is 9.59 Å². The average Bonchev–Trinajstić information content (AvgIpc) is 3.02. The van der Waals surface area contributed by atoms with E-state index in [-0.39, 0.29) is 30.7 Å². The van der Waals surface area contributed by atoms with E-state index in [0.29, 0.717) is 5.71 Å². The Labute approximate surface area is 132 Å². The molecule has 0 unspecified atom stereocenters. The predicted octanol–water partition coefficient (Wildman–Crippen LogP) is 2.69. The highest BCUT2D eigenvalue weighted by Gasteiger charge is 2.23. The van der Waals surface area contributed by atoms with Crippen molar-refractivity contribution in [2.75, 3.05) is 7.05 Å². The summed E-state index contributed by atoms with van der Waals surface area (Å²) in [4.78, 5) is 23.5. The lowest BCUT2D eigenvalue weighted by molar-refractivity contribution is -0.127. The fourth-order valence-electron chi connectivity index (χ4n) is 2.58. The van der Waals surface area contributed by atoms with Gasteiger partial charge >= 0.3 is 0 Å². The van der Waals surface area contributed by atoms with E-state index in [4.69, 9.17) is 0 Å². The van der Waals surface area contributed by atoms with E-state index < -0.39 is 0 Å². The summed E-state index contributed by atoms with van der Waals surface area (Å²) in [6.45, 7) is 1.97. The van der Waals surface area contributed by atoms with E-state index >= 15 is 0 Å². The van der Waals surface area contributed by atoms with Gasteiger partial charge in [-0.15, -0.1) is 11.3 Å². The molecule has 2 amide bonds. The molecule has 3 rings (SSSR count). The summed E-state index contributed by atoms with van der Waals surface area (Å²) in [6, 6.07) is 8.09. The van der Waals surface area contributed by atoms with Crippen LogP contribution in [-0.4, -0.2) is 29.6 Å². The van der Waals surface area contributed by atoms with Crippen LogP contribution in [0.4, 0.5) is 0 Å². The highest BCUT2D eigenvalue weighted by molar-refractivity contribution is 7.17. The van der Waals surface area contributed by atoms with Crippen molar-refractivity contribution in [2.45, 2.75) is 25.8 Å². The van der Waals surface area contributed by atoms with Crippen LogP contribution in [0.1, 0.15) is 31.4 Å². The third-order valence-corrected chi connectivity index (χ3v) is 4.71. The summed E-state index contributed by atoms with van der Waals surface area (Å²) in [7, 11) is 1.60. The molecule has 22 heavy (non-hydrogen) atoms. The fourth-order valence-corrected chi connectivity index (χ4v) is 3.63. The average molecular weight is 315 g/mol. The molecular formula is C16H17N3O2S. The van der Waals surface area contributed by atoms with Crippen LogP contribution in [0, 0.1) is 0 Å². The van der Waals surface area contributed by atoms with Crippen LogP contribution >= 0.6 is 11.3 Å². The molecule has 1 aliphatic rings. The smallest absolute Gasteiger partial charge is 0.248 e. The minimum atomic E-state index is -0.107. The Kier molecular flexibility index (Phi) is 3.94. The monoisotopic (exact) mass is 315 g/mol. The summed E-state index contributed by atoms with van der Waals surface area (Å²) < 4.78 is 1.21. The molecule has 0 radical (unpaired) electrons. The van der Waals surface area contributed by atoms with Crippen molar-refractivity contribution in [1.29, 1.82) is 0 Å². The van der Waals surface area contributed by atoms with Gasteiger partial charge in [-0.25, -0.2) is 5.01 Å². The summed E-state index contributed by atoms with van der Waals surface area (Å²) >= 11 is 1.68. The standard InChI is InChI=1S/C16H17N3O2S/c1-10(13-9-22-14-6-4-3-5-12(13)14)17-15(20)7-11-8-16(21)19(2)18-11/h3-6,9-10H,7-8H2,1-2H3,(H,17,20)/t10-/m1/s1. The topological polar surface area (TPSA) is 61.8 Å². The Bertz CT molecular complexity index is 766. The molecule has 114 valence electrons. The maximum Gasteiger partial charge on any atom is 0.248 e. The summed E-state index contributed by atoms with van der Waals surface area (Å²) in [5.74, 6) is -0.177. The molecule has 0 fully saturated rings. The van der Waals surface area contributed by atoms with Crippen molar-refractivity contribution < 1.29 is 9.59 Å². The molecule has 1 atom stereocenters. The molecule has 5 nitrogen and oxygen atoms in total. The lowest BCUT2D eigenvalue weighted by Crippen LogP contribution is -2.28. The van der Waals surface area contributed by atoms with Crippen LogP contribution in [0.5, 0.6) is 0 Å². The van der Waals surface area contributed by atoms with Gasteiger partial charge < -0.3 is 5.32 Å². The van der Waals surface area contributed by atoms with Gasteiger partial charge in [0.05, 0.1) is 24.6 Å². The van der Waals surface area contributed by atoms with Crippen molar-refractivity contribution in [3.63, 3.8) is 0 Å². The van der Waals surface area contributed by atoms with Crippen molar-refractivity contribution in [1.82, 2.24) is 10.3 Å². The number of hydrogen-bond acceptors (Lipinski definition) is 4. The van der Waals surface area contributed by atoms with Crippen LogP contribution in [0.2, 0.25) is 0 Å². The third kappa shape index (κ3) is 2.87. The number of hydrazone groups is 1. The van der Waals surface area contributed by atoms with Gasteiger partial charge in [-0.05, 0) is 29.3 Å². The zero-order valence-corrected chi connectivity index (χ0v) is 13.3. The van der Waals surface area contributed by atoms with Gasteiger partial charge in [0.1, 0.15) is 0 Å². The van der Waals surface area contributed by atoms with Crippen molar-refractivity contribution in [3.8, 4) is 0 Å². The van der Waals surface area contributed by atoms with Gasteiger partial charge in [-0.2, -0.15) is 5.10 Å². The van der Waals surface area contributed by atoms with Gasteiger partial charge in [-0.3, -0.25) is 9.59 Å². The molecular weight excluding hydrogens is 298 g/mol. The highest BCUT2D eigenvalue weighted by Crippen LogP contribution is 2.30. The maximum absolute atomic E-state index is 12.1. The highest BCUT2D eigenvalue weighted by atomic mass is 32.1. The molecule has 1 aromatic carbocycles. The Hall–Kier alpha value is -2.21. The second kappa shape index (κ2) is 5.88. The molecule has 1 N–H and O–H groups in total. The molecule has 1 aliphatic heterocycles. The number of amides is 2. The second-order valence-corrected chi connectivity index (χ2v) is 6.32. The first-order valence-corrected chi connectivity index (χ1v) is 8.01. The molecule has 0 bridgehead atoms. The molecule has 0 saturated carbocycles. The minimum Gasteiger partial charge on any atom is -0.349 e. The van der Waals surface area contributed by atoms with Crippen LogP contribution in [0.25, 0.3) is 10.1 Å². The van der Waals surface area contributed by atoms with Gasteiger partial charge in [-0.1, -0.05) is 18.2 Å². The van der Waals surface area contributed by atoms with Crippen molar-refractivity contribution >= 4 is 38.9 Å². The number of nitrogens with one attached hydrogen (secondary N) is 1. The summed E-state index contributed by atoms with van der Waals surface area (Å²) in [6.07, 6.45) is 0.405. The Balaban J connectivity index is 1.67. The van der Waals surface area contributed by atoms with Crippen LogP contribution in [0.15, 0.2) is 34.7 Å². The van der Waals surface area contributed by atoms with E-state index in [1.807, 2.05) is 19.1 Å². The van der Waals surface area contributed by atoms with E-state index in [2.05, 4.69) is 27.9 Å². The normalized spacial score (nSPS) is 16.0. The van der Waals surface area contributed by atoms with E-state index in [1.54, 1.807) is 18.4 Å². The molecule has 0 saturated heterocycles. The molecule has 0 spiro atoms. The van der Waals surface area contributed by atoms with Gasteiger partial charge in [0, 0.05) is 11.7 Å². The molecule has 1 aromatic heterocycles. The minimum absolute atomic E-state index is 0.0697. The maximum atomic E-state index is 12.1. The van der Waals surface area contributed by atoms with Crippen LogP contribution in [0.3, 0.4) is 0 Å². The zero-order valence-electron chi connectivity index (χ0n) is 12.5. The summed E-state index contributed by atoms with van der Waals surface area (Å²) in [5.41, 5.74) is 1.74. The lowest BCUT2D eigenvalue weighted by atomic mass is 10.1. The number of carbonyl (C=O) groups is 2. The molecule has 6 heteroatoms. The van der Waals surface area contributed by atoms with Crippen LogP contribution < -0.4 is 5.32 Å². The number of carbonyl (C=O) groups excluding carboxylic acids is 2. The zero-order chi connectivity index (χ0) is 15.7. The van der Waals surface area contributed by atoms with E-state index in [1.165, 1.54) is 15.1 Å². The van der Waals surface area contributed by atoms with Crippen molar-refractivity contribution in [2.24, 2.45) is 5.10 Å². The molecule has 0 aliphatic carbocycles. The predicted molar refractivity (Wildman–Crippen MR) is 87.8 cm³/mol. The number of benzene rings is 1. The molecule has 2 aromatic rings. The first-order chi connectivity index (χ1) is 10.5. The number of nitrogens with zero attached hydrogens (tertiary/aromatic N) is 2. The first kappa shape index (κ1) is 14.7. The lowest BCUT2D eigenvalue weighted by Gasteiger charge is -2.13. The fraction of sp³-hybridized carbons (Fsp3) is 0.312. The quantitative estimate of drug-likeness (QED) is 0.943. The summed E-state index contributed by atoms with van der Waals surface area (Å²) in [5, 5.41) is 11.6. The number of rotatable bonds is 4. The first-order valence-electron chi connectivity index (χ1n) is 7.13. The second-order valence-electron chi connectivity index (χ2n) is 5.41. The number of fused-ring (bicyclic) bond motifs is 1. The van der Waals surface area contributed by atoms with Crippen molar-refractivity contribution in [3.05, 3.63) is 35.2 Å². The SMILES string of the molecule is C[C@@H](NC(=O)CC1=NN(C)C(=O)C1)c1csc2ccccc12.